The van der Waals surface area contributed by atoms with Crippen LogP contribution in [0, 0.1) is 17.6 Å². The molecule has 20 heavy (non-hydrogen) atoms. The molecule has 0 radical (unpaired) electrons. The molecule has 1 aliphatic rings. The molecule has 1 aromatic carbocycles. The maximum atomic E-state index is 13.8. The van der Waals surface area contributed by atoms with E-state index in [9.17, 15) is 13.6 Å². The van der Waals surface area contributed by atoms with Gasteiger partial charge in [-0.2, -0.15) is 0 Å². The first-order valence-corrected chi connectivity index (χ1v) is 6.88. The van der Waals surface area contributed by atoms with Crippen molar-refractivity contribution in [2.75, 3.05) is 13.1 Å². The molecule has 5 heteroatoms. The fourth-order valence-electron chi connectivity index (χ4n) is 2.90. The Hall–Kier alpha value is -1.49. The lowest BCUT2D eigenvalue weighted by Gasteiger charge is -2.36. The van der Waals surface area contributed by atoms with Crippen LogP contribution in [0.2, 0.25) is 0 Å². The predicted molar refractivity (Wildman–Crippen MR) is 71.3 cm³/mol. The number of nitrogens with zero attached hydrogens (tertiary/aromatic N) is 1. The summed E-state index contributed by atoms with van der Waals surface area (Å²) in [7, 11) is 0. The Balaban J connectivity index is 2.10. The van der Waals surface area contributed by atoms with Gasteiger partial charge in [-0.15, -0.1) is 0 Å². The summed E-state index contributed by atoms with van der Waals surface area (Å²) in [4.78, 5) is 12.8. The smallest absolute Gasteiger partial charge is 0.303 e. The molecule has 1 aliphatic heterocycles. The molecule has 1 aromatic rings. The van der Waals surface area contributed by atoms with Gasteiger partial charge in [-0.3, -0.25) is 9.69 Å². The van der Waals surface area contributed by atoms with Gasteiger partial charge in [-0.05, 0) is 38.3 Å². The van der Waals surface area contributed by atoms with E-state index in [-0.39, 0.29) is 18.4 Å². The van der Waals surface area contributed by atoms with Crippen LogP contribution < -0.4 is 0 Å². The van der Waals surface area contributed by atoms with E-state index >= 15 is 0 Å². The van der Waals surface area contributed by atoms with Crippen LogP contribution in [0.25, 0.3) is 0 Å². The van der Waals surface area contributed by atoms with E-state index in [4.69, 9.17) is 5.11 Å². The predicted octanol–water partition coefficient (Wildman–Crippen LogP) is 3.21. The lowest BCUT2D eigenvalue weighted by Crippen LogP contribution is -2.38. The molecule has 110 valence electrons. The monoisotopic (exact) mass is 283 g/mol. The van der Waals surface area contributed by atoms with Gasteiger partial charge in [0.2, 0.25) is 0 Å². The third kappa shape index (κ3) is 3.33. The first-order valence-electron chi connectivity index (χ1n) is 6.88. The number of aliphatic carboxylic acids is 1. The Morgan fingerprint density at radius 2 is 2.25 bits per heavy atom. The van der Waals surface area contributed by atoms with E-state index in [0.717, 1.165) is 25.5 Å². The van der Waals surface area contributed by atoms with E-state index < -0.39 is 17.6 Å². The fourth-order valence-corrected chi connectivity index (χ4v) is 2.90. The van der Waals surface area contributed by atoms with Crippen LogP contribution >= 0.6 is 0 Å². The number of carbonyl (C=O) groups is 1. The summed E-state index contributed by atoms with van der Waals surface area (Å²) in [5, 5.41) is 8.86. The zero-order valence-corrected chi connectivity index (χ0v) is 11.5. The van der Waals surface area contributed by atoms with Crippen LogP contribution in [0.5, 0.6) is 0 Å². The van der Waals surface area contributed by atoms with Gasteiger partial charge in [0.05, 0.1) is 0 Å². The summed E-state index contributed by atoms with van der Waals surface area (Å²) in [5.74, 6) is -2.37. The number of carboxylic acid groups (broad SMARTS) is 1. The molecule has 2 rings (SSSR count). The summed E-state index contributed by atoms with van der Waals surface area (Å²) < 4.78 is 27.1. The second-order valence-corrected chi connectivity index (χ2v) is 5.42. The van der Waals surface area contributed by atoms with Crippen LogP contribution in [0.1, 0.15) is 37.8 Å². The molecule has 1 fully saturated rings. The van der Waals surface area contributed by atoms with E-state index in [1.807, 2.05) is 11.8 Å². The van der Waals surface area contributed by atoms with Crippen LogP contribution in [0.3, 0.4) is 0 Å². The minimum Gasteiger partial charge on any atom is -0.481 e. The lowest BCUT2D eigenvalue weighted by atomic mass is 9.92. The number of carboxylic acids is 1. The van der Waals surface area contributed by atoms with Gasteiger partial charge >= 0.3 is 5.97 Å². The Labute approximate surface area is 117 Å². The number of hydrogen-bond donors (Lipinski definition) is 1. The van der Waals surface area contributed by atoms with Gasteiger partial charge in [0.25, 0.3) is 0 Å². The van der Waals surface area contributed by atoms with E-state index in [2.05, 4.69) is 0 Å². The lowest BCUT2D eigenvalue weighted by molar-refractivity contribution is -0.138. The molecule has 3 nitrogen and oxygen atoms in total. The van der Waals surface area contributed by atoms with Crippen molar-refractivity contribution in [2.24, 2.45) is 5.92 Å². The van der Waals surface area contributed by atoms with Crippen molar-refractivity contribution < 1.29 is 18.7 Å². The Morgan fingerprint density at radius 1 is 1.50 bits per heavy atom. The van der Waals surface area contributed by atoms with Crippen LogP contribution in [-0.2, 0) is 4.79 Å². The maximum absolute atomic E-state index is 13.8. The Kier molecular flexibility index (Phi) is 4.70. The van der Waals surface area contributed by atoms with Crippen molar-refractivity contribution in [1.29, 1.82) is 0 Å². The van der Waals surface area contributed by atoms with E-state index in [1.54, 1.807) is 6.07 Å². The number of halogens is 2. The highest BCUT2D eigenvalue weighted by Crippen LogP contribution is 2.29. The second kappa shape index (κ2) is 6.31. The average molecular weight is 283 g/mol. The number of rotatable bonds is 4. The molecular formula is C15H19F2NO2. The highest BCUT2D eigenvalue weighted by molar-refractivity contribution is 5.67. The normalized spacial score (nSPS) is 21.6. The van der Waals surface area contributed by atoms with Crippen molar-refractivity contribution in [2.45, 2.75) is 32.2 Å². The highest BCUT2D eigenvalue weighted by atomic mass is 19.2. The summed E-state index contributed by atoms with van der Waals surface area (Å²) in [6, 6.07) is 3.95. The number of hydrogen-bond acceptors (Lipinski definition) is 2. The summed E-state index contributed by atoms with van der Waals surface area (Å²) in [6.07, 6.45) is 1.90. The highest BCUT2D eigenvalue weighted by Gasteiger charge is 2.27. The SMILES string of the molecule is CC(c1cccc(F)c1F)N1CCCC(CC(=O)O)C1. The molecule has 0 spiro atoms. The van der Waals surface area contributed by atoms with Crippen molar-refractivity contribution in [3.8, 4) is 0 Å². The quantitative estimate of drug-likeness (QED) is 0.922. The molecule has 0 saturated carbocycles. The molecule has 0 amide bonds. The first-order chi connectivity index (χ1) is 9.49. The van der Waals surface area contributed by atoms with Gasteiger partial charge in [0.1, 0.15) is 0 Å². The molecule has 0 bridgehead atoms. The number of piperidine rings is 1. The van der Waals surface area contributed by atoms with Crippen molar-refractivity contribution in [3.05, 3.63) is 35.4 Å². The molecule has 0 aliphatic carbocycles. The zero-order chi connectivity index (χ0) is 14.7. The topological polar surface area (TPSA) is 40.5 Å². The minimum atomic E-state index is -0.839. The van der Waals surface area contributed by atoms with E-state index in [0.29, 0.717) is 12.1 Å². The van der Waals surface area contributed by atoms with Crippen LogP contribution in [0.15, 0.2) is 18.2 Å². The standard InChI is InChI=1S/C15H19F2NO2/c1-10(12-5-2-6-13(16)15(12)17)18-7-3-4-11(9-18)8-14(19)20/h2,5-6,10-11H,3-4,7-9H2,1H3,(H,19,20). The molecule has 0 aromatic heterocycles. The molecular weight excluding hydrogens is 264 g/mol. The first kappa shape index (κ1) is 14.9. The van der Waals surface area contributed by atoms with Crippen LogP contribution in [-0.4, -0.2) is 29.1 Å². The summed E-state index contributed by atoms with van der Waals surface area (Å²) >= 11 is 0. The van der Waals surface area contributed by atoms with Crippen LogP contribution in [0.4, 0.5) is 8.78 Å². The van der Waals surface area contributed by atoms with E-state index in [1.165, 1.54) is 6.07 Å². The molecule has 1 N–H and O–H groups in total. The van der Waals surface area contributed by atoms with Gasteiger partial charge in [0.15, 0.2) is 11.6 Å². The summed E-state index contributed by atoms with van der Waals surface area (Å²) in [5.41, 5.74) is 0.334. The number of benzene rings is 1. The van der Waals surface area contributed by atoms with Gasteiger partial charge in [-0.25, -0.2) is 8.78 Å². The minimum absolute atomic E-state index is 0.0836. The number of likely N-dealkylation sites (tertiary alicyclic amines) is 1. The fraction of sp³-hybridized carbons (Fsp3) is 0.533. The van der Waals surface area contributed by atoms with Gasteiger partial charge in [-0.1, -0.05) is 12.1 Å². The zero-order valence-electron chi connectivity index (χ0n) is 11.5. The third-order valence-corrected chi connectivity index (χ3v) is 3.99. The average Bonchev–Trinajstić information content (AvgIpc) is 2.41. The molecule has 2 atom stereocenters. The Morgan fingerprint density at radius 3 is 2.95 bits per heavy atom. The maximum Gasteiger partial charge on any atom is 0.303 e. The van der Waals surface area contributed by atoms with Gasteiger partial charge in [0, 0.05) is 24.6 Å². The van der Waals surface area contributed by atoms with Crippen molar-refractivity contribution in [1.82, 2.24) is 4.90 Å². The van der Waals surface area contributed by atoms with Crippen molar-refractivity contribution in [3.63, 3.8) is 0 Å². The third-order valence-electron chi connectivity index (χ3n) is 3.99. The molecule has 1 heterocycles. The molecule has 1 saturated heterocycles. The summed E-state index contributed by atoms with van der Waals surface area (Å²) in [6.45, 7) is 3.23. The largest absolute Gasteiger partial charge is 0.481 e. The van der Waals surface area contributed by atoms with Crippen molar-refractivity contribution >= 4 is 5.97 Å². The Bertz CT molecular complexity index is 493. The molecule has 2 unspecified atom stereocenters. The second-order valence-electron chi connectivity index (χ2n) is 5.42. The van der Waals surface area contributed by atoms with Gasteiger partial charge < -0.3 is 5.11 Å².